The lowest BCUT2D eigenvalue weighted by atomic mass is 9.85. The van der Waals surface area contributed by atoms with E-state index >= 15 is 4.79 Å². The molecule has 3 aliphatic heterocycles. The maximum atomic E-state index is 15.2. The van der Waals surface area contributed by atoms with Gasteiger partial charge in [-0.2, -0.15) is 0 Å². The molecule has 0 saturated carbocycles. The minimum absolute atomic E-state index is 0.0160. The monoisotopic (exact) mass is 1090 g/mol. The molecular formula is C67H70N2O12. The molecule has 3 aliphatic rings. The summed E-state index contributed by atoms with van der Waals surface area (Å²) in [6.07, 6.45) is -8.22. The molecule has 14 heteroatoms. The number of hydrogen-bond donors (Lipinski definition) is 2. The van der Waals surface area contributed by atoms with E-state index in [4.69, 9.17) is 47.4 Å². The molecule has 2 amide bonds. The number of carbonyl (C=O) groups is 2. The van der Waals surface area contributed by atoms with Crippen molar-refractivity contribution >= 4 is 12.0 Å². The quantitative estimate of drug-likeness (QED) is 0.0472. The number of ether oxygens (including phenoxy) is 10. The van der Waals surface area contributed by atoms with Crippen molar-refractivity contribution in [3.63, 3.8) is 0 Å². The Balaban J connectivity index is 1.08. The first-order chi connectivity index (χ1) is 40.0. The molecule has 10 atom stereocenters. The Morgan fingerprint density at radius 2 is 0.753 bits per heavy atom. The van der Waals surface area contributed by atoms with E-state index < -0.39 is 73.0 Å². The third kappa shape index (κ3) is 15.6. The highest BCUT2D eigenvalue weighted by Crippen LogP contribution is 2.39. The second kappa shape index (κ2) is 29.4. The maximum Gasteiger partial charge on any atom is 0.338 e. The van der Waals surface area contributed by atoms with Gasteiger partial charge in [0.05, 0.1) is 83.4 Å². The minimum Gasteiger partial charge on any atom is -0.463 e. The lowest BCUT2D eigenvalue weighted by Crippen LogP contribution is -2.68. The van der Waals surface area contributed by atoms with Gasteiger partial charge in [0.25, 0.3) is 0 Å². The summed E-state index contributed by atoms with van der Waals surface area (Å²) in [4.78, 5) is 30.0. The van der Waals surface area contributed by atoms with Gasteiger partial charge in [0.1, 0.15) is 54.9 Å². The number of benzene rings is 7. The number of hydrogen-bond acceptors (Lipinski definition) is 12. The number of esters is 1. The normalized spacial score (nSPS) is 23.6. The molecule has 81 heavy (non-hydrogen) atoms. The molecule has 420 valence electrons. The molecule has 3 heterocycles. The largest absolute Gasteiger partial charge is 0.463 e. The highest BCUT2D eigenvalue weighted by atomic mass is 16.6. The minimum atomic E-state index is -1.24. The Bertz CT molecular complexity index is 3020. The average molecular weight is 1100 g/mol. The zero-order valence-electron chi connectivity index (χ0n) is 45.5. The van der Waals surface area contributed by atoms with Crippen LogP contribution in [0, 0.1) is 0 Å². The molecule has 0 unspecified atom stereocenters. The Morgan fingerprint density at radius 3 is 1.15 bits per heavy atom. The summed E-state index contributed by atoms with van der Waals surface area (Å²) >= 11 is 0. The van der Waals surface area contributed by atoms with Gasteiger partial charge in [0.15, 0.2) is 0 Å². The molecule has 2 saturated heterocycles. The van der Waals surface area contributed by atoms with Crippen molar-refractivity contribution in [2.45, 2.75) is 114 Å². The Labute approximate surface area is 474 Å². The maximum absolute atomic E-state index is 15.2. The van der Waals surface area contributed by atoms with Crippen molar-refractivity contribution in [1.29, 1.82) is 0 Å². The fraction of sp³-hybridized carbons (Fsp3) is 0.313. The van der Waals surface area contributed by atoms with E-state index in [-0.39, 0.29) is 70.7 Å². The first-order valence-electron chi connectivity index (χ1n) is 27.8. The van der Waals surface area contributed by atoms with Crippen molar-refractivity contribution in [3.8, 4) is 0 Å². The fourth-order valence-corrected chi connectivity index (χ4v) is 10.5. The Hall–Kier alpha value is -7.34. The fourth-order valence-electron chi connectivity index (χ4n) is 10.5. The van der Waals surface area contributed by atoms with Crippen LogP contribution in [0.1, 0.15) is 45.9 Å². The van der Waals surface area contributed by atoms with Gasteiger partial charge in [-0.25, -0.2) is 9.59 Å². The van der Waals surface area contributed by atoms with Crippen LogP contribution in [0.5, 0.6) is 0 Å². The van der Waals surface area contributed by atoms with Crippen LogP contribution >= 0.6 is 0 Å². The van der Waals surface area contributed by atoms with Crippen LogP contribution in [0.2, 0.25) is 0 Å². The van der Waals surface area contributed by atoms with Gasteiger partial charge >= 0.3 is 12.0 Å². The van der Waals surface area contributed by atoms with Gasteiger partial charge in [-0.1, -0.05) is 212 Å². The van der Waals surface area contributed by atoms with Gasteiger partial charge in [-0.05, 0) is 45.9 Å². The van der Waals surface area contributed by atoms with Crippen molar-refractivity contribution in [3.05, 3.63) is 263 Å². The summed E-state index contributed by atoms with van der Waals surface area (Å²) < 4.78 is 68.5. The molecule has 0 spiro atoms. The molecule has 2 fully saturated rings. The van der Waals surface area contributed by atoms with Crippen molar-refractivity contribution in [1.82, 2.24) is 10.6 Å². The van der Waals surface area contributed by atoms with Crippen LogP contribution in [-0.2, 0) is 98.4 Å². The van der Waals surface area contributed by atoms with Crippen LogP contribution in [0.15, 0.2) is 224 Å². The second-order valence-corrected chi connectivity index (χ2v) is 20.2. The van der Waals surface area contributed by atoms with E-state index in [1.165, 1.54) is 0 Å². The zero-order chi connectivity index (χ0) is 55.4. The summed E-state index contributed by atoms with van der Waals surface area (Å²) in [5.41, 5.74) is 6.68. The zero-order valence-corrected chi connectivity index (χ0v) is 45.5. The Morgan fingerprint density at radius 1 is 0.420 bits per heavy atom. The van der Waals surface area contributed by atoms with Crippen molar-refractivity contribution in [2.24, 2.45) is 0 Å². The predicted octanol–water partition coefficient (Wildman–Crippen LogP) is 10.4. The topological polar surface area (TPSA) is 150 Å². The highest BCUT2D eigenvalue weighted by Gasteiger charge is 2.56. The van der Waals surface area contributed by atoms with Crippen LogP contribution in [0.25, 0.3) is 0 Å². The third-order valence-corrected chi connectivity index (χ3v) is 14.4. The van der Waals surface area contributed by atoms with Crippen molar-refractivity contribution < 1.29 is 57.0 Å². The van der Waals surface area contributed by atoms with Crippen LogP contribution in [0.3, 0.4) is 0 Å². The van der Waals surface area contributed by atoms with E-state index in [2.05, 4.69) is 10.6 Å². The number of amides is 2. The van der Waals surface area contributed by atoms with Gasteiger partial charge in [-0.3, -0.25) is 0 Å². The molecule has 0 aromatic heterocycles. The smallest absolute Gasteiger partial charge is 0.338 e. The van der Waals surface area contributed by atoms with E-state index in [0.717, 1.165) is 38.9 Å². The van der Waals surface area contributed by atoms with Crippen molar-refractivity contribution in [2.75, 3.05) is 19.8 Å². The molecule has 2 N–H and O–H groups in total. The lowest BCUT2D eigenvalue weighted by Gasteiger charge is -2.49. The first kappa shape index (κ1) is 56.9. The first-order valence-corrected chi connectivity index (χ1v) is 27.8. The molecule has 0 bridgehead atoms. The second-order valence-electron chi connectivity index (χ2n) is 20.2. The summed E-state index contributed by atoms with van der Waals surface area (Å²) in [7, 11) is 0. The third-order valence-electron chi connectivity index (χ3n) is 14.4. The van der Waals surface area contributed by atoms with E-state index in [0.29, 0.717) is 6.61 Å². The van der Waals surface area contributed by atoms with E-state index in [9.17, 15) is 4.79 Å². The molecule has 0 radical (unpaired) electrons. The SMILES string of the molecule is CCOC(=O)C1=C([C@@H]2O[C@H](COCc3ccccc3)[C@@H](OCc3ccccc3)[C@H]2OCc2ccccc2)NC(=O)N[C@@H]1[C@@H]1O[C@H](COCc2ccccc2)[C@@H](OCc2ccccc2)[C@H](OCc2ccccc2)[C@@H]1OCc1ccccc1. The Kier molecular flexibility index (Phi) is 20.7. The summed E-state index contributed by atoms with van der Waals surface area (Å²) in [6, 6.07) is 67.0. The number of rotatable bonds is 27. The van der Waals surface area contributed by atoms with Crippen LogP contribution in [-0.4, -0.2) is 92.8 Å². The van der Waals surface area contributed by atoms with Gasteiger partial charge < -0.3 is 58.0 Å². The molecular weight excluding hydrogens is 1020 g/mol. The standard InChI is InChI=1S/C67H70N2O12/c1-2-74-66(70)56-57(61-63(77-42-51-32-18-7-19-33-51)59(75-40-49-28-14-5-15-29-49)54(80-61)45-72-38-47-24-10-3-11-25-47)68-67(71)69-58(56)62-65(79-44-53-36-22-9-23-37-53)64(78-43-52-34-20-8-21-35-52)60(76-41-50-30-16-6-17-31-50)55(81-62)46-73-39-48-26-12-4-13-27-48/h3-37,54-55,58-65H,2,38-46H2,1H3,(H2,68,69,71)/t54-,55-,58+,59-,60-,61+,62+,63-,64+,65-/m1/s1. The van der Waals surface area contributed by atoms with E-state index in [1.807, 2.05) is 212 Å². The number of carbonyl (C=O) groups excluding carboxylic acids is 2. The van der Waals surface area contributed by atoms with Crippen LogP contribution < -0.4 is 10.6 Å². The van der Waals surface area contributed by atoms with Crippen LogP contribution in [0.4, 0.5) is 4.79 Å². The average Bonchev–Trinajstić information content (AvgIpc) is 3.92. The summed E-state index contributed by atoms with van der Waals surface area (Å²) in [6.45, 7) is 3.32. The number of nitrogens with one attached hydrogen (secondary N) is 2. The van der Waals surface area contributed by atoms with Gasteiger partial charge in [0, 0.05) is 0 Å². The summed E-state index contributed by atoms with van der Waals surface area (Å²) in [5.74, 6) is -0.715. The predicted molar refractivity (Wildman–Crippen MR) is 304 cm³/mol. The summed E-state index contributed by atoms with van der Waals surface area (Å²) in [5, 5.41) is 6.15. The molecule has 14 nitrogen and oxygen atoms in total. The molecule has 7 aromatic carbocycles. The number of urea groups is 1. The molecule has 7 aromatic rings. The molecule has 0 aliphatic carbocycles. The highest BCUT2D eigenvalue weighted by molar-refractivity contribution is 5.95. The van der Waals surface area contributed by atoms with Gasteiger partial charge in [0.2, 0.25) is 0 Å². The van der Waals surface area contributed by atoms with Gasteiger partial charge in [-0.15, -0.1) is 0 Å². The van der Waals surface area contributed by atoms with E-state index in [1.54, 1.807) is 6.92 Å². The molecule has 10 rings (SSSR count). The lowest BCUT2D eigenvalue weighted by molar-refractivity contribution is -0.275.